The average molecular weight is 317 g/mol. The lowest BCUT2D eigenvalue weighted by Gasteiger charge is -2.02. The molecule has 0 unspecified atom stereocenters. The quantitative estimate of drug-likeness (QED) is 0.777. The number of methoxy groups -OCH3 is 1. The van der Waals surface area contributed by atoms with Gasteiger partial charge in [0.05, 0.1) is 7.11 Å². The van der Waals surface area contributed by atoms with Gasteiger partial charge in [-0.2, -0.15) is 4.98 Å². The summed E-state index contributed by atoms with van der Waals surface area (Å²) < 4.78 is 10.2. The number of aromatic nitrogens is 3. The molecular formula is C15H13ClN4O2. The van der Waals surface area contributed by atoms with Crippen LogP contribution in [-0.2, 0) is 6.54 Å². The molecule has 112 valence electrons. The van der Waals surface area contributed by atoms with E-state index < -0.39 is 0 Å². The molecule has 0 saturated heterocycles. The van der Waals surface area contributed by atoms with Crippen molar-refractivity contribution in [1.82, 2.24) is 15.1 Å². The van der Waals surface area contributed by atoms with Crippen LogP contribution >= 0.6 is 11.6 Å². The normalized spacial score (nSPS) is 10.5. The molecule has 0 atom stereocenters. The average Bonchev–Trinajstić information content (AvgIpc) is 3.02. The highest BCUT2D eigenvalue weighted by Gasteiger charge is 2.08. The van der Waals surface area contributed by atoms with Crippen molar-refractivity contribution < 1.29 is 9.26 Å². The predicted octanol–water partition coefficient (Wildman–Crippen LogP) is 3.41. The van der Waals surface area contributed by atoms with E-state index in [1.807, 2.05) is 18.2 Å². The molecule has 1 aromatic carbocycles. The Labute approximate surface area is 132 Å². The summed E-state index contributed by atoms with van der Waals surface area (Å²) in [4.78, 5) is 8.41. The second-order valence-electron chi connectivity index (χ2n) is 4.50. The van der Waals surface area contributed by atoms with Gasteiger partial charge in [0.1, 0.15) is 0 Å². The van der Waals surface area contributed by atoms with Crippen LogP contribution in [0.1, 0.15) is 5.56 Å². The lowest BCUT2D eigenvalue weighted by Crippen LogP contribution is -2.00. The minimum Gasteiger partial charge on any atom is -0.481 e. The maximum absolute atomic E-state index is 5.95. The van der Waals surface area contributed by atoms with Gasteiger partial charge in [-0.25, -0.2) is 4.98 Å². The molecule has 1 N–H and O–H groups in total. The first-order valence-electron chi connectivity index (χ1n) is 6.57. The maximum Gasteiger partial charge on any atom is 0.322 e. The van der Waals surface area contributed by atoms with E-state index in [1.54, 1.807) is 31.5 Å². The fraction of sp³-hybridized carbons (Fsp3) is 0.133. The number of hydrogen-bond donors (Lipinski definition) is 1. The number of ether oxygens (including phenoxy) is 1. The molecule has 2 heterocycles. The Morgan fingerprint density at radius 1 is 1.27 bits per heavy atom. The van der Waals surface area contributed by atoms with E-state index >= 15 is 0 Å². The zero-order valence-electron chi connectivity index (χ0n) is 11.8. The maximum atomic E-state index is 5.95. The summed E-state index contributed by atoms with van der Waals surface area (Å²) in [5, 5.41) is 7.60. The molecule has 3 rings (SSSR count). The fourth-order valence-corrected chi connectivity index (χ4v) is 2.04. The Morgan fingerprint density at radius 2 is 2.18 bits per heavy atom. The van der Waals surface area contributed by atoms with Crippen molar-refractivity contribution in [2.24, 2.45) is 0 Å². The van der Waals surface area contributed by atoms with Crippen molar-refractivity contribution in [1.29, 1.82) is 0 Å². The Balaban J connectivity index is 1.66. The van der Waals surface area contributed by atoms with Crippen LogP contribution < -0.4 is 10.1 Å². The van der Waals surface area contributed by atoms with Gasteiger partial charge in [-0.1, -0.05) is 35.0 Å². The van der Waals surface area contributed by atoms with E-state index in [0.29, 0.717) is 29.3 Å². The van der Waals surface area contributed by atoms with Gasteiger partial charge in [-0.05, 0) is 17.7 Å². The number of hydrogen-bond acceptors (Lipinski definition) is 6. The van der Waals surface area contributed by atoms with E-state index in [0.717, 1.165) is 11.1 Å². The van der Waals surface area contributed by atoms with Gasteiger partial charge in [0.25, 0.3) is 0 Å². The standard InChI is InChI=1S/C15H13ClN4O2/c1-21-13-6-5-10(8-17-13)9-18-15-19-14(20-22-15)11-3-2-4-12(16)7-11/h2-8H,9H2,1H3,(H,18,19,20). The number of nitrogens with zero attached hydrogens (tertiary/aromatic N) is 3. The number of rotatable bonds is 5. The van der Waals surface area contributed by atoms with Gasteiger partial charge >= 0.3 is 6.01 Å². The molecule has 0 radical (unpaired) electrons. The van der Waals surface area contributed by atoms with Crippen LogP contribution in [0.5, 0.6) is 5.88 Å². The van der Waals surface area contributed by atoms with Crippen LogP contribution in [0.3, 0.4) is 0 Å². The molecular weight excluding hydrogens is 304 g/mol. The number of pyridine rings is 1. The van der Waals surface area contributed by atoms with Crippen LogP contribution in [-0.4, -0.2) is 22.2 Å². The van der Waals surface area contributed by atoms with Crippen LogP contribution in [0.25, 0.3) is 11.4 Å². The SMILES string of the molecule is COc1ccc(CNc2nc(-c3cccc(Cl)c3)no2)cn1. The first-order valence-corrected chi connectivity index (χ1v) is 6.95. The minimum absolute atomic E-state index is 0.339. The van der Waals surface area contributed by atoms with E-state index in [9.17, 15) is 0 Å². The van der Waals surface area contributed by atoms with Crippen LogP contribution in [0, 0.1) is 0 Å². The Kier molecular flexibility index (Phi) is 4.20. The number of anilines is 1. The summed E-state index contributed by atoms with van der Waals surface area (Å²) in [6, 6.07) is 11.3. The molecule has 0 aliphatic heterocycles. The van der Waals surface area contributed by atoms with E-state index in [-0.39, 0.29) is 0 Å². The van der Waals surface area contributed by atoms with Crippen molar-refractivity contribution in [3.8, 4) is 17.3 Å². The summed E-state index contributed by atoms with van der Waals surface area (Å²) in [6.07, 6.45) is 1.72. The van der Waals surface area contributed by atoms with Crippen molar-refractivity contribution >= 4 is 17.6 Å². The molecule has 3 aromatic rings. The molecule has 2 aromatic heterocycles. The topological polar surface area (TPSA) is 73.1 Å². The summed E-state index contributed by atoms with van der Waals surface area (Å²) in [6.45, 7) is 0.522. The molecule has 0 spiro atoms. The smallest absolute Gasteiger partial charge is 0.322 e. The van der Waals surface area contributed by atoms with Gasteiger partial charge in [-0.3, -0.25) is 0 Å². The van der Waals surface area contributed by atoms with Crippen molar-refractivity contribution in [2.75, 3.05) is 12.4 Å². The minimum atomic E-state index is 0.339. The fourth-order valence-electron chi connectivity index (χ4n) is 1.85. The zero-order valence-corrected chi connectivity index (χ0v) is 12.5. The number of benzene rings is 1. The monoisotopic (exact) mass is 316 g/mol. The molecule has 0 aliphatic carbocycles. The zero-order chi connectivity index (χ0) is 15.4. The Morgan fingerprint density at radius 3 is 2.91 bits per heavy atom. The summed E-state index contributed by atoms with van der Waals surface area (Å²) in [5.41, 5.74) is 1.78. The third kappa shape index (κ3) is 3.35. The highest BCUT2D eigenvalue weighted by Crippen LogP contribution is 2.21. The second-order valence-corrected chi connectivity index (χ2v) is 4.93. The molecule has 0 bridgehead atoms. The van der Waals surface area contributed by atoms with E-state index in [1.165, 1.54) is 0 Å². The molecule has 0 saturated carbocycles. The lowest BCUT2D eigenvalue weighted by atomic mass is 10.2. The van der Waals surface area contributed by atoms with Crippen LogP contribution in [0.4, 0.5) is 6.01 Å². The first kappa shape index (κ1) is 14.3. The molecule has 7 heteroatoms. The van der Waals surface area contributed by atoms with E-state index in [4.69, 9.17) is 20.9 Å². The highest BCUT2D eigenvalue weighted by molar-refractivity contribution is 6.30. The summed E-state index contributed by atoms with van der Waals surface area (Å²) in [7, 11) is 1.58. The Hall–Kier alpha value is -2.60. The van der Waals surface area contributed by atoms with Gasteiger partial charge in [-0.15, -0.1) is 0 Å². The highest BCUT2D eigenvalue weighted by atomic mass is 35.5. The van der Waals surface area contributed by atoms with Crippen molar-refractivity contribution in [2.45, 2.75) is 6.54 Å². The molecule has 22 heavy (non-hydrogen) atoms. The molecule has 0 fully saturated rings. The first-order chi connectivity index (χ1) is 10.7. The predicted molar refractivity (Wildman–Crippen MR) is 82.9 cm³/mol. The van der Waals surface area contributed by atoms with Gasteiger partial charge < -0.3 is 14.6 Å². The van der Waals surface area contributed by atoms with Crippen LogP contribution in [0.15, 0.2) is 47.1 Å². The molecule has 0 amide bonds. The second kappa shape index (κ2) is 6.44. The van der Waals surface area contributed by atoms with Gasteiger partial charge in [0, 0.05) is 29.4 Å². The number of halogens is 1. The number of nitrogens with one attached hydrogen (secondary N) is 1. The van der Waals surface area contributed by atoms with E-state index in [2.05, 4.69) is 20.4 Å². The third-order valence-corrected chi connectivity index (χ3v) is 3.19. The van der Waals surface area contributed by atoms with Crippen molar-refractivity contribution in [3.05, 3.63) is 53.2 Å². The van der Waals surface area contributed by atoms with Gasteiger partial charge in [0.2, 0.25) is 11.7 Å². The van der Waals surface area contributed by atoms with Crippen LogP contribution in [0.2, 0.25) is 5.02 Å². The largest absolute Gasteiger partial charge is 0.481 e. The molecule has 0 aliphatic rings. The summed E-state index contributed by atoms with van der Waals surface area (Å²) in [5.74, 6) is 1.06. The Bertz CT molecular complexity index is 758. The lowest BCUT2D eigenvalue weighted by molar-refractivity contribution is 0.397. The van der Waals surface area contributed by atoms with Crippen molar-refractivity contribution in [3.63, 3.8) is 0 Å². The summed E-state index contributed by atoms with van der Waals surface area (Å²) >= 11 is 5.95. The third-order valence-electron chi connectivity index (χ3n) is 2.96. The molecule has 6 nitrogen and oxygen atoms in total. The van der Waals surface area contributed by atoms with Gasteiger partial charge in [0.15, 0.2) is 0 Å².